The molecular formula is C17H21NO4. The first-order valence-electron chi connectivity index (χ1n) is 7.37. The van der Waals surface area contributed by atoms with Gasteiger partial charge in [0.1, 0.15) is 0 Å². The van der Waals surface area contributed by atoms with Crippen LogP contribution < -0.4 is 5.32 Å². The zero-order chi connectivity index (χ0) is 16.1. The van der Waals surface area contributed by atoms with Crippen molar-refractivity contribution < 1.29 is 19.1 Å². The Balaban J connectivity index is 2.44. The highest BCUT2D eigenvalue weighted by molar-refractivity contribution is 5.94. The van der Waals surface area contributed by atoms with E-state index >= 15 is 0 Å². The molecule has 0 radical (unpaired) electrons. The molecule has 0 atom stereocenters. The summed E-state index contributed by atoms with van der Waals surface area (Å²) in [5.41, 5.74) is 4.66. The highest BCUT2D eigenvalue weighted by atomic mass is 16.5. The number of ether oxygens (including phenoxy) is 2. The molecule has 0 unspecified atom stereocenters. The van der Waals surface area contributed by atoms with Crippen LogP contribution in [0.3, 0.4) is 0 Å². The number of hydrogen-bond donors (Lipinski definition) is 1. The minimum absolute atomic E-state index is 0.105. The lowest BCUT2D eigenvalue weighted by atomic mass is 9.93. The number of carbonyl (C=O) groups excluding carboxylic acids is 2. The van der Waals surface area contributed by atoms with Crippen LogP contribution in [0.5, 0.6) is 0 Å². The molecule has 1 heterocycles. The monoisotopic (exact) mass is 303 g/mol. The SMILES string of the molecule is CCOC(=O)/C=C1\COCCc2cc(NC(C)=O)cc(C)c21. The molecule has 1 N–H and O–H groups in total. The summed E-state index contributed by atoms with van der Waals surface area (Å²) >= 11 is 0. The molecule has 0 aliphatic carbocycles. The number of carbonyl (C=O) groups is 2. The standard InChI is InChI=1S/C17H21NO4/c1-4-22-16(20)9-14-10-21-6-5-13-8-15(18-12(3)19)7-11(2)17(13)14/h7-9H,4-6,10H2,1-3H3,(H,18,19)/b14-9+. The lowest BCUT2D eigenvalue weighted by molar-refractivity contribution is -0.137. The summed E-state index contributed by atoms with van der Waals surface area (Å²) in [4.78, 5) is 23.0. The van der Waals surface area contributed by atoms with E-state index in [1.165, 1.54) is 13.0 Å². The van der Waals surface area contributed by atoms with Gasteiger partial charge in [0.25, 0.3) is 0 Å². The number of hydrogen-bond acceptors (Lipinski definition) is 4. The van der Waals surface area contributed by atoms with E-state index in [4.69, 9.17) is 9.47 Å². The van der Waals surface area contributed by atoms with Crippen molar-refractivity contribution in [3.8, 4) is 0 Å². The molecule has 22 heavy (non-hydrogen) atoms. The van der Waals surface area contributed by atoms with Crippen molar-refractivity contribution in [3.63, 3.8) is 0 Å². The summed E-state index contributed by atoms with van der Waals surface area (Å²) in [5, 5.41) is 2.80. The molecule has 0 saturated heterocycles. The Bertz CT molecular complexity index is 619. The van der Waals surface area contributed by atoms with Crippen LogP contribution in [0.2, 0.25) is 0 Å². The first kappa shape index (κ1) is 16.2. The lowest BCUT2D eigenvalue weighted by Crippen LogP contribution is -2.08. The number of fused-ring (bicyclic) bond motifs is 1. The molecule has 2 rings (SSSR count). The van der Waals surface area contributed by atoms with Gasteiger partial charge in [0.15, 0.2) is 0 Å². The van der Waals surface area contributed by atoms with Gasteiger partial charge in [-0.1, -0.05) is 0 Å². The zero-order valence-electron chi connectivity index (χ0n) is 13.2. The van der Waals surface area contributed by atoms with Gasteiger partial charge in [0.05, 0.1) is 19.8 Å². The number of nitrogens with one attached hydrogen (secondary N) is 1. The smallest absolute Gasteiger partial charge is 0.331 e. The molecular weight excluding hydrogens is 282 g/mol. The molecule has 1 aliphatic heterocycles. The minimum Gasteiger partial charge on any atom is -0.463 e. The maximum absolute atomic E-state index is 11.7. The first-order valence-corrected chi connectivity index (χ1v) is 7.37. The molecule has 118 valence electrons. The van der Waals surface area contributed by atoms with Gasteiger partial charge < -0.3 is 14.8 Å². The quantitative estimate of drug-likeness (QED) is 0.688. The number of amides is 1. The Morgan fingerprint density at radius 3 is 2.86 bits per heavy atom. The molecule has 0 saturated carbocycles. The third-order valence-electron chi connectivity index (χ3n) is 3.41. The summed E-state index contributed by atoms with van der Waals surface area (Å²) in [6, 6.07) is 3.85. The third-order valence-corrected chi connectivity index (χ3v) is 3.41. The van der Waals surface area contributed by atoms with Crippen LogP contribution in [0.15, 0.2) is 18.2 Å². The van der Waals surface area contributed by atoms with Crippen molar-refractivity contribution in [1.82, 2.24) is 0 Å². The van der Waals surface area contributed by atoms with Gasteiger partial charge in [-0.05, 0) is 54.7 Å². The average molecular weight is 303 g/mol. The van der Waals surface area contributed by atoms with Gasteiger partial charge in [0.2, 0.25) is 5.91 Å². The largest absolute Gasteiger partial charge is 0.463 e. The maximum atomic E-state index is 11.7. The first-order chi connectivity index (χ1) is 10.5. The van der Waals surface area contributed by atoms with Gasteiger partial charge in [-0.25, -0.2) is 4.79 Å². The van der Waals surface area contributed by atoms with E-state index in [1.807, 2.05) is 19.1 Å². The Hall–Kier alpha value is -2.14. The second kappa shape index (κ2) is 7.22. The van der Waals surface area contributed by atoms with Gasteiger partial charge >= 0.3 is 5.97 Å². The van der Waals surface area contributed by atoms with E-state index in [-0.39, 0.29) is 11.9 Å². The Morgan fingerprint density at radius 1 is 1.41 bits per heavy atom. The van der Waals surface area contributed by atoms with Gasteiger partial charge in [-0.2, -0.15) is 0 Å². The Kier molecular flexibility index (Phi) is 5.33. The fourth-order valence-electron chi connectivity index (χ4n) is 2.67. The van der Waals surface area contributed by atoms with Gasteiger partial charge in [0, 0.05) is 18.7 Å². The molecule has 0 bridgehead atoms. The van der Waals surface area contributed by atoms with E-state index in [1.54, 1.807) is 6.92 Å². The molecule has 0 aromatic heterocycles. The van der Waals surface area contributed by atoms with Crippen molar-refractivity contribution in [2.24, 2.45) is 0 Å². The number of esters is 1. The number of aryl methyl sites for hydroxylation is 1. The van der Waals surface area contributed by atoms with Gasteiger partial charge in [-0.3, -0.25) is 4.79 Å². The molecule has 5 heteroatoms. The average Bonchev–Trinajstić information content (AvgIpc) is 2.61. The van der Waals surface area contributed by atoms with Crippen molar-refractivity contribution in [3.05, 3.63) is 34.9 Å². The molecule has 0 fully saturated rings. The topological polar surface area (TPSA) is 64.6 Å². The van der Waals surface area contributed by atoms with Gasteiger partial charge in [-0.15, -0.1) is 0 Å². The maximum Gasteiger partial charge on any atom is 0.331 e. The van der Waals surface area contributed by atoms with Crippen molar-refractivity contribution in [1.29, 1.82) is 0 Å². The summed E-state index contributed by atoms with van der Waals surface area (Å²) in [6.07, 6.45) is 2.24. The summed E-state index contributed by atoms with van der Waals surface area (Å²) < 4.78 is 10.6. The fraction of sp³-hybridized carbons (Fsp3) is 0.412. The molecule has 0 spiro atoms. The van der Waals surface area contributed by atoms with Crippen LogP contribution in [-0.2, 0) is 25.5 Å². The second-order valence-corrected chi connectivity index (χ2v) is 5.23. The Morgan fingerprint density at radius 2 is 2.18 bits per heavy atom. The second-order valence-electron chi connectivity index (χ2n) is 5.23. The van der Waals surface area contributed by atoms with Crippen LogP contribution in [-0.4, -0.2) is 31.7 Å². The van der Waals surface area contributed by atoms with Crippen molar-refractivity contribution in [2.45, 2.75) is 27.2 Å². The summed E-state index contributed by atoms with van der Waals surface area (Å²) in [7, 11) is 0. The van der Waals surface area contributed by atoms with E-state index in [2.05, 4.69) is 5.32 Å². The Labute approximate surface area is 130 Å². The number of rotatable bonds is 3. The van der Waals surface area contributed by atoms with Crippen molar-refractivity contribution in [2.75, 3.05) is 25.1 Å². The predicted molar refractivity (Wildman–Crippen MR) is 84.6 cm³/mol. The highest BCUT2D eigenvalue weighted by Crippen LogP contribution is 2.30. The normalized spacial score (nSPS) is 15.9. The van der Waals surface area contributed by atoms with Crippen LogP contribution in [0.25, 0.3) is 5.57 Å². The summed E-state index contributed by atoms with van der Waals surface area (Å²) in [6.45, 7) is 6.53. The van der Waals surface area contributed by atoms with Crippen molar-refractivity contribution >= 4 is 23.1 Å². The fourth-order valence-corrected chi connectivity index (χ4v) is 2.67. The predicted octanol–water partition coefficient (Wildman–Crippen LogP) is 2.47. The van der Waals surface area contributed by atoms with E-state index < -0.39 is 0 Å². The van der Waals surface area contributed by atoms with Crippen LogP contribution in [0.1, 0.15) is 30.5 Å². The van der Waals surface area contributed by atoms with E-state index in [0.717, 1.165) is 34.4 Å². The highest BCUT2D eigenvalue weighted by Gasteiger charge is 2.18. The molecule has 1 aromatic carbocycles. The van der Waals surface area contributed by atoms with E-state index in [9.17, 15) is 9.59 Å². The van der Waals surface area contributed by atoms with E-state index in [0.29, 0.717) is 19.8 Å². The summed E-state index contributed by atoms with van der Waals surface area (Å²) in [5.74, 6) is -0.467. The third kappa shape index (κ3) is 3.95. The van der Waals surface area contributed by atoms with Crippen LogP contribution >= 0.6 is 0 Å². The minimum atomic E-state index is -0.362. The molecule has 1 aliphatic rings. The van der Waals surface area contributed by atoms with Crippen LogP contribution in [0, 0.1) is 6.92 Å². The molecule has 1 amide bonds. The number of anilines is 1. The lowest BCUT2D eigenvalue weighted by Gasteiger charge is -2.14. The van der Waals surface area contributed by atoms with Crippen LogP contribution in [0.4, 0.5) is 5.69 Å². The molecule has 1 aromatic rings. The zero-order valence-corrected chi connectivity index (χ0v) is 13.2. The molecule has 5 nitrogen and oxygen atoms in total. The number of benzene rings is 1.